The summed E-state index contributed by atoms with van der Waals surface area (Å²) in [6, 6.07) is 3.99. The van der Waals surface area contributed by atoms with Crippen LogP contribution in [0.5, 0.6) is 17.2 Å². The summed E-state index contributed by atoms with van der Waals surface area (Å²) in [5.41, 5.74) is 3.82. The first-order chi connectivity index (χ1) is 14.4. The monoisotopic (exact) mass is 413 g/mol. The first kappa shape index (κ1) is 23.3. The Labute approximate surface area is 178 Å². The Morgan fingerprint density at radius 1 is 1.00 bits per heavy atom. The van der Waals surface area contributed by atoms with Gasteiger partial charge in [0.05, 0.1) is 21.3 Å². The number of ether oxygens (including phenoxy) is 3. The van der Waals surface area contributed by atoms with Crippen molar-refractivity contribution in [2.24, 2.45) is 0 Å². The van der Waals surface area contributed by atoms with Gasteiger partial charge < -0.3 is 19.3 Å². The summed E-state index contributed by atoms with van der Waals surface area (Å²) < 4.78 is 16.6. The molecule has 2 rings (SSSR count). The number of aryl methyl sites for hydroxylation is 1. The second-order valence-electron chi connectivity index (χ2n) is 7.16. The number of hydrogen-bond acceptors (Lipinski definition) is 5. The molecule has 0 aliphatic carbocycles. The van der Waals surface area contributed by atoms with Gasteiger partial charge in [-0.15, -0.1) is 0 Å². The van der Waals surface area contributed by atoms with Crippen LogP contribution in [0.4, 0.5) is 0 Å². The molecule has 0 saturated heterocycles. The van der Waals surface area contributed by atoms with Crippen LogP contribution in [0.25, 0.3) is 6.08 Å². The third-order valence-corrected chi connectivity index (χ3v) is 5.22. The van der Waals surface area contributed by atoms with E-state index in [0.29, 0.717) is 34.8 Å². The summed E-state index contributed by atoms with van der Waals surface area (Å²) in [4.78, 5) is 16.0. The standard InChI is InChI=1S/C24H31NO5/c1-16-20(21(28-3)17(2)23(30-5)22(16)29-4)14-19(24(26)27)12-8-6-7-10-18-11-9-13-25-15-18/h9,11,13-15H,6-8,10,12H2,1-5H3,(H,26,27)/b19-14+. The van der Waals surface area contributed by atoms with Crippen LogP contribution in [0.15, 0.2) is 30.1 Å². The van der Waals surface area contributed by atoms with Gasteiger partial charge in [-0.25, -0.2) is 4.79 Å². The van der Waals surface area contributed by atoms with E-state index in [0.717, 1.165) is 36.8 Å². The molecule has 0 unspecified atom stereocenters. The van der Waals surface area contributed by atoms with Crippen LogP contribution in [0, 0.1) is 13.8 Å². The minimum atomic E-state index is -0.920. The van der Waals surface area contributed by atoms with E-state index in [9.17, 15) is 9.90 Å². The smallest absolute Gasteiger partial charge is 0.331 e. The average Bonchev–Trinajstić information content (AvgIpc) is 2.75. The van der Waals surface area contributed by atoms with Gasteiger partial charge in [0.15, 0.2) is 11.5 Å². The van der Waals surface area contributed by atoms with Crippen molar-refractivity contribution in [3.8, 4) is 17.2 Å². The lowest BCUT2D eigenvalue weighted by atomic mass is 9.96. The second kappa shape index (κ2) is 11.2. The van der Waals surface area contributed by atoms with Crippen LogP contribution in [0.2, 0.25) is 0 Å². The van der Waals surface area contributed by atoms with Crippen molar-refractivity contribution >= 4 is 12.0 Å². The Hall–Kier alpha value is -3.02. The zero-order valence-corrected chi connectivity index (χ0v) is 18.4. The average molecular weight is 414 g/mol. The Bertz CT molecular complexity index is 890. The fourth-order valence-electron chi connectivity index (χ4n) is 3.65. The lowest BCUT2D eigenvalue weighted by Gasteiger charge is -2.20. The van der Waals surface area contributed by atoms with Gasteiger partial charge in [-0.2, -0.15) is 0 Å². The topological polar surface area (TPSA) is 77.9 Å². The van der Waals surface area contributed by atoms with Crippen LogP contribution in [0.1, 0.15) is 47.9 Å². The molecule has 1 N–H and O–H groups in total. The van der Waals surface area contributed by atoms with E-state index in [1.165, 1.54) is 5.56 Å². The van der Waals surface area contributed by atoms with Crippen molar-refractivity contribution in [3.63, 3.8) is 0 Å². The van der Waals surface area contributed by atoms with Gasteiger partial charge in [0.1, 0.15) is 5.75 Å². The van der Waals surface area contributed by atoms with E-state index in [4.69, 9.17) is 14.2 Å². The number of carboxylic acid groups (broad SMARTS) is 1. The molecule has 6 nitrogen and oxygen atoms in total. The van der Waals surface area contributed by atoms with Gasteiger partial charge in [0, 0.05) is 34.7 Å². The van der Waals surface area contributed by atoms with Crippen molar-refractivity contribution in [1.82, 2.24) is 4.98 Å². The molecule has 0 radical (unpaired) electrons. The zero-order chi connectivity index (χ0) is 22.1. The highest BCUT2D eigenvalue weighted by Crippen LogP contribution is 2.44. The minimum Gasteiger partial charge on any atom is -0.496 e. The molecule has 1 aromatic carbocycles. The Kier molecular flexibility index (Phi) is 8.71. The molecule has 0 aliphatic heterocycles. The van der Waals surface area contributed by atoms with E-state index < -0.39 is 5.97 Å². The van der Waals surface area contributed by atoms with Gasteiger partial charge in [-0.05, 0) is 57.2 Å². The van der Waals surface area contributed by atoms with Crippen molar-refractivity contribution in [2.45, 2.75) is 46.0 Å². The molecule has 1 heterocycles. The molecule has 162 valence electrons. The Morgan fingerprint density at radius 3 is 2.23 bits per heavy atom. The van der Waals surface area contributed by atoms with Crippen molar-refractivity contribution in [2.75, 3.05) is 21.3 Å². The molecule has 2 aromatic rings. The molecule has 6 heteroatoms. The van der Waals surface area contributed by atoms with E-state index in [1.807, 2.05) is 26.1 Å². The number of methoxy groups -OCH3 is 3. The van der Waals surface area contributed by atoms with Crippen molar-refractivity contribution < 1.29 is 24.1 Å². The van der Waals surface area contributed by atoms with Crippen molar-refractivity contribution in [3.05, 3.63) is 52.4 Å². The quantitative estimate of drug-likeness (QED) is 0.413. The normalized spacial score (nSPS) is 11.3. The number of aliphatic carboxylic acids is 1. The first-order valence-electron chi connectivity index (χ1n) is 10.1. The number of benzene rings is 1. The van der Waals surface area contributed by atoms with Crippen LogP contribution in [-0.4, -0.2) is 37.4 Å². The van der Waals surface area contributed by atoms with Gasteiger partial charge in [-0.3, -0.25) is 4.98 Å². The Balaban J connectivity index is 2.20. The molecule has 0 saturated carbocycles. The summed E-state index contributed by atoms with van der Waals surface area (Å²) in [5, 5.41) is 9.75. The number of unbranched alkanes of at least 4 members (excludes halogenated alkanes) is 2. The molecule has 30 heavy (non-hydrogen) atoms. The molecular weight excluding hydrogens is 382 g/mol. The van der Waals surface area contributed by atoms with E-state index in [2.05, 4.69) is 11.1 Å². The highest BCUT2D eigenvalue weighted by molar-refractivity contribution is 5.93. The largest absolute Gasteiger partial charge is 0.496 e. The van der Waals surface area contributed by atoms with Crippen LogP contribution in [0.3, 0.4) is 0 Å². The molecular formula is C24H31NO5. The highest BCUT2D eigenvalue weighted by atomic mass is 16.5. The number of carboxylic acids is 1. The maximum Gasteiger partial charge on any atom is 0.331 e. The predicted molar refractivity (Wildman–Crippen MR) is 118 cm³/mol. The molecule has 1 aromatic heterocycles. The van der Waals surface area contributed by atoms with Gasteiger partial charge in [-0.1, -0.05) is 12.5 Å². The predicted octanol–water partition coefficient (Wildman–Crippen LogP) is 5.00. The number of carbonyl (C=O) groups is 1. The lowest BCUT2D eigenvalue weighted by molar-refractivity contribution is -0.132. The first-order valence-corrected chi connectivity index (χ1v) is 10.1. The van der Waals surface area contributed by atoms with Gasteiger partial charge in [0.2, 0.25) is 0 Å². The Morgan fingerprint density at radius 2 is 1.67 bits per heavy atom. The molecule has 0 atom stereocenters. The van der Waals surface area contributed by atoms with Crippen LogP contribution >= 0.6 is 0 Å². The van der Waals surface area contributed by atoms with Crippen LogP contribution < -0.4 is 14.2 Å². The molecule has 0 aliphatic rings. The summed E-state index contributed by atoms with van der Waals surface area (Å²) >= 11 is 0. The third-order valence-electron chi connectivity index (χ3n) is 5.22. The molecule has 0 spiro atoms. The number of rotatable bonds is 11. The maximum absolute atomic E-state index is 11.9. The third kappa shape index (κ3) is 5.53. The summed E-state index contributed by atoms with van der Waals surface area (Å²) in [5.74, 6) is 0.858. The van der Waals surface area contributed by atoms with Gasteiger partial charge >= 0.3 is 5.97 Å². The summed E-state index contributed by atoms with van der Waals surface area (Å²) in [7, 11) is 4.72. The summed E-state index contributed by atoms with van der Waals surface area (Å²) in [6.07, 6.45) is 9.51. The van der Waals surface area contributed by atoms with E-state index in [1.54, 1.807) is 33.6 Å². The fourth-order valence-corrected chi connectivity index (χ4v) is 3.65. The zero-order valence-electron chi connectivity index (χ0n) is 18.4. The van der Waals surface area contributed by atoms with Crippen molar-refractivity contribution in [1.29, 1.82) is 0 Å². The van der Waals surface area contributed by atoms with Gasteiger partial charge in [0.25, 0.3) is 0 Å². The molecule has 0 bridgehead atoms. The lowest BCUT2D eigenvalue weighted by Crippen LogP contribution is -2.05. The fraction of sp³-hybridized carbons (Fsp3) is 0.417. The summed E-state index contributed by atoms with van der Waals surface area (Å²) in [6.45, 7) is 3.75. The highest BCUT2D eigenvalue weighted by Gasteiger charge is 2.22. The van der Waals surface area contributed by atoms with E-state index in [-0.39, 0.29) is 0 Å². The number of hydrogen-bond donors (Lipinski definition) is 1. The van der Waals surface area contributed by atoms with E-state index >= 15 is 0 Å². The SMILES string of the molecule is COc1c(C)c(OC)c(OC)c(C)c1/C=C(\CCCCCc1cccnc1)C(=O)O. The minimum absolute atomic E-state index is 0.351. The maximum atomic E-state index is 11.9. The number of pyridine rings is 1. The molecule has 0 amide bonds. The number of aromatic nitrogens is 1. The number of nitrogens with zero attached hydrogens (tertiary/aromatic N) is 1. The second-order valence-corrected chi connectivity index (χ2v) is 7.16. The molecule has 0 fully saturated rings. The van der Waals surface area contributed by atoms with Crippen LogP contribution in [-0.2, 0) is 11.2 Å².